The molecule has 1 aliphatic heterocycles. The van der Waals surface area contributed by atoms with Crippen LogP contribution in [-0.4, -0.2) is 38.4 Å². The first-order chi connectivity index (χ1) is 9.29. The zero-order valence-corrected chi connectivity index (χ0v) is 11.5. The van der Waals surface area contributed by atoms with E-state index in [1.54, 1.807) is 19.9 Å². The van der Waals surface area contributed by atoms with Gasteiger partial charge in [-0.1, -0.05) is 0 Å². The summed E-state index contributed by atoms with van der Waals surface area (Å²) in [6.07, 6.45) is 0.284. The van der Waals surface area contributed by atoms with E-state index in [2.05, 4.69) is 0 Å². The van der Waals surface area contributed by atoms with Gasteiger partial charge in [-0.05, 0) is 50.8 Å². The zero-order chi connectivity index (χ0) is 14.7. The molecule has 1 aromatic rings. The van der Waals surface area contributed by atoms with Gasteiger partial charge < -0.3 is 20.1 Å². The van der Waals surface area contributed by atoms with Gasteiger partial charge in [-0.15, -0.1) is 0 Å². The molecule has 20 heavy (non-hydrogen) atoms. The lowest BCUT2D eigenvalue weighted by Gasteiger charge is -2.52. The maximum atomic E-state index is 12.7. The van der Waals surface area contributed by atoms with Gasteiger partial charge in [0.25, 0.3) is 0 Å². The lowest BCUT2D eigenvalue weighted by molar-refractivity contribution is -0.181. The summed E-state index contributed by atoms with van der Waals surface area (Å²) in [5, 5.41) is 30.9. The Morgan fingerprint density at radius 1 is 1.40 bits per heavy atom. The Morgan fingerprint density at radius 3 is 2.80 bits per heavy atom. The van der Waals surface area contributed by atoms with Crippen LogP contribution in [0.5, 0.6) is 11.5 Å². The van der Waals surface area contributed by atoms with Crippen LogP contribution in [0.1, 0.15) is 42.1 Å². The van der Waals surface area contributed by atoms with Gasteiger partial charge in [0.05, 0.1) is 6.10 Å². The molecule has 0 unspecified atom stereocenters. The van der Waals surface area contributed by atoms with E-state index in [1.165, 1.54) is 6.07 Å². The van der Waals surface area contributed by atoms with Crippen molar-refractivity contribution in [3.8, 4) is 11.5 Å². The summed E-state index contributed by atoms with van der Waals surface area (Å²) < 4.78 is 5.84. The van der Waals surface area contributed by atoms with Crippen LogP contribution in [-0.2, 0) is 0 Å². The number of phenolic OH excluding ortho intramolecular Hbond substituents is 1. The minimum atomic E-state index is -2.01. The molecular formula is C15H18O5. The van der Waals surface area contributed by atoms with Crippen molar-refractivity contribution in [3.63, 3.8) is 0 Å². The largest absolute Gasteiger partial charge is 0.507 e. The van der Waals surface area contributed by atoms with Gasteiger partial charge in [0, 0.05) is 0 Å². The molecule has 1 heterocycles. The fourth-order valence-corrected chi connectivity index (χ4v) is 3.38. The van der Waals surface area contributed by atoms with Crippen LogP contribution in [0.4, 0.5) is 0 Å². The van der Waals surface area contributed by atoms with Crippen molar-refractivity contribution in [2.45, 2.75) is 50.4 Å². The Hall–Kier alpha value is -1.59. The second-order valence-electron chi connectivity index (χ2n) is 5.99. The number of Topliss-reactive ketones (excluding diaryl/α,β-unsaturated/α-hetero) is 1. The van der Waals surface area contributed by atoms with E-state index in [0.717, 1.165) is 5.56 Å². The highest BCUT2D eigenvalue weighted by atomic mass is 16.5. The number of aromatic hydroxyl groups is 1. The van der Waals surface area contributed by atoms with Crippen LogP contribution in [0, 0.1) is 6.92 Å². The minimum Gasteiger partial charge on any atom is -0.507 e. The topological polar surface area (TPSA) is 87.0 Å². The molecule has 0 spiro atoms. The van der Waals surface area contributed by atoms with Crippen LogP contribution in [0.3, 0.4) is 0 Å². The third kappa shape index (κ3) is 1.47. The Morgan fingerprint density at radius 2 is 2.10 bits per heavy atom. The highest BCUT2D eigenvalue weighted by Gasteiger charge is 2.64. The van der Waals surface area contributed by atoms with Gasteiger partial charge in [-0.2, -0.15) is 0 Å². The van der Waals surface area contributed by atoms with E-state index in [4.69, 9.17) is 4.74 Å². The van der Waals surface area contributed by atoms with Crippen molar-refractivity contribution in [1.29, 1.82) is 0 Å². The molecule has 0 bridgehead atoms. The number of aliphatic hydroxyl groups excluding tert-OH is 1. The highest BCUT2D eigenvalue weighted by molar-refractivity contribution is 6.09. The minimum absolute atomic E-state index is 0.0449. The van der Waals surface area contributed by atoms with Gasteiger partial charge in [0.15, 0.2) is 5.60 Å². The lowest BCUT2D eigenvalue weighted by Crippen LogP contribution is -2.70. The maximum Gasteiger partial charge on any atom is 0.208 e. The van der Waals surface area contributed by atoms with Crippen molar-refractivity contribution >= 4 is 5.78 Å². The summed E-state index contributed by atoms with van der Waals surface area (Å²) in [4.78, 5) is 12.7. The summed E-state index contributed by atoms with van der Waals surface area (Å²) in [5.74, 6) is -0.613. The number of ether oxygens (including phenoxy) is 1. The average molecular weight is 278 g/mol. The average Bonchev–Trinajstić information content (AvgIpc) is 2.33. The molecular weight excluding hydrogens is 260 g/mol. The molecule has 5 heteroatoms. The van der Waals surface area contributed by atoms with Gasteiger partial charge in [-0.25, -0.2) is 0 Å². The van der Waals surface area contributed by atoms with Crippen LogP contribution < -0.4 is 4.74 Å². The van der Waals surface area contributed by atoms with Gasteiger partial charge in [0.2, 0.25) is 5.78 Å². The first kappa shape index (κ1) is 13.4. The van der Waals surface area contributed by atoms with E-state index < -0.39 is 23.1 Å². The SMILES string of the molecule is Cc1cc(O)c2c(c1)O[C@]1(C)CCC[C@@H](O)[C@@]1(O)C2=O. The number of ketones is 1. The summed E-state index contributed by atoms with van der Waals surface area (Å²) >= 11 is 0. The van der Waals surface area contributed by atoms with E-state index in [9.17, 15) is 20.1 Å². The van der Waals surface area contributed by atoms with Crippen LogP contribution >= 0.6 is 0 Å². The number of aryl methyl sites for hydroxylation is 1. The quantitative estimate of drug-likeness (QED) is 0.666. The van der Waals surface area contributed by atoms with Crippen molar-refractivity contribution in [3.05, 3.63) is 23.3 Å². The van der Waals surface area contributed by atoms with Gasteiger partial charge in [0.1, 0.15) is 22.7 Å². The van der Waals surface area contributed by atoms with E-state index in [-0.39, 0.29) is 17.1 Å². The molecule has 0 aromatic heterocycles. The second-order valence-corrected chi connectivity index (χ2v) is 5.99. The fourth-order valence-electron chi connectivity index (χ4n) is 3.38. The Kier molecular flexibility index (Phi) is 2.65. The number of hydrogen-bond donors (Lipinski definition) is 3. The summed E-state index contributed by atoms with van der Waals surface area (Å²) in [7, 11) is 0. The molecule has 1 saturated carbocycles. The van der Waals surface area contributed by atoms with Crippen molar-refractivity contribution < 1.29 is 24.9 Å². The van der Waals surface area contributed by atoms with Crippen LogP contribution in [0.2, 0.25) is 0 Å². The molecule has 0 saturated heterocycles. The van der Waals surface area contributed by atoms with E-state index >= 15 is 0 Å². The monoisotopic (exact) mass is 278 g/mol. The number of fused-ring (bicyclic) bond motifs is 2. The van der Waals surface area contributed by atoms with E-state index in [0.29, 0.717) is 19.3 Å². The van der Waals surface area contributed by atoms with Crippen molar-refractivity contribution in [2.24, 2.45) is 0 Å². The number of carbonyl (C=O) groups is 1. The maximum absolute atomic E-state index is 12.7. The zero-order valence-electron chi connectivity index (χ0n) is 11.5. The molecule has 5 nitrogen and oxygen atoms in total. The Bertz CT molecular complexity index is 596. The molecule has 1 fully saturated rings. The fraction of sp³-hybridized carbons (Fsp3) is 0.533. The number of carbonyl (C=O) groups excluding carboxylic acids is 1. The first-order valence-electron chi connectivity index (χ1n) is 6.77. The van der Waals surface area contributed by atoms with Crippen molar-refractivity contribution in [1.82, 2.24) is 0 Å². The Balaban J connectivity index is 2.24. The summed E-state index contributed by atoms with van der Waals surface area (Å²) in [5.41, 5.74) is -2.46. The molecule has 0 amide bonds. The molecule has 3 N–H and O–H groups in total. The predicted octanol–water partition coefficient (Wildman–Crippen LogP) is 1.31. The number of benzene rings is 1. The molecule has 1 aromatic carbocycles. The summed E-state index contributed by atoms with van der Waals surface area (Å²) in [6, 6.07) is 3.11. The predicted molar refractivity (Wildman–Crippen MR) is 71.0 cm³/mol. The third-order valence-corrected chi connectivity index (χ3v) is 4.55. The van der Waals surface area contributed by atoms with E-state index in [1.807, 2.05) is 0 Å². The third-order valence-electron chi connectivity index (χ3n) is 4.55. The van der Waals surface area contributed by atoms with Gasteiger partial charge in [-0.3, -0.25) is 4.79 Å². The highest BCUT2D eigenvalue weighted by Crippen LogP contribution is 2.49. The second kappa shape index (κ2) is 3.96. The summed E-state index contributed by atoms with van der Waals surface area (Å²) in [6.45, 7) is 3.42. The van der Waals surface area contributed by atoms with Crippen LogP contribution in [0.15, 0.2) is 12.1 Å². The molecule has 0 radical (unpaired) electrons. The number of phenols is 1. The standard InChI is InChI=1S/C15H18O5/c1-8-6-9(16)12-10(7-8)20-14(2)5-3-4-11(17)15(14,19)13(12)18/h6-7,11,16-17,19H,3-5H2,1-2H3/t11-,14-,15-/m1/s1. The lowest BCUT2D eigenvalue weighted by atomic mass is 9.65. The smallest absolute Gasteiger partial charge is 0.208 e. The molecule has 3 atom stereocenters. The Labute approximate surface area is 116 Å². The molecule has 108 valence electrons. The molecule has 3 rings (SSSR count). The molecule has 1 aliphatic carbocycles. The van der Waals surface area contributed by atoms with Crippen LogP contribution in [0.25, 0.3) is 0 Å². The number of aliphatic hydroxyl groups is 2. The number of rotatable bonds is 0. The molecule has 2 aliphatic rings. The van der Waals surface area contributed by atoms with Gasteiger partial charge >= 0.3 is 0 Å². The van der Waals surface area contributed by atoms with Crippen molar-refractivity contribution in [2.75, 3.05) is 0 Å². The first-order valence-corrected chi connectivity index (χ1v) is 6.77. The number of hydrogen-bond acceptors (Lipinski definition) is 5. The normalized spacial score (nSPS) is 36.0.